The van der Waals surface area contributed by atoms with Crippen LogP contribution in [0, 0.1) is 0 Å². The molecule has 0 saturated heterocycles. The molecule has 0 aromatic rings. The first-order chi connectivity index (χ1) is 9.38. The Hall–Kier alpha value is 0.137. The molecule has 0 bridgehead atoms. The molecular weight excluding hydrogens is 252 g/mol. The summed E-state index contributed by atoms with van der Waals surface area (Å²) in [6, 6.07) is 1.23. The van der Waals surface area contributed by atoms with Crippen LogP contribution >= 0.6 is 0 Å². The minimum atomic E-state index is -1.40. The van der Waals surface area contributed by atoms with Gasteiger partial charge in [0.05, 0.1) is 0 Å². The summed E-state index contributed by atoms with van der Waals surface area (Å²) in [7, 11) is -1.40. The van der Waals surface area contributed by atoms with Gasteiger partial charge in [-0.05, 0) is 31.7 Å². The highest BCUT2D eigenvalue weighted by atomic mass is 28.3. The lowest BCUT2D eigenvalue weighted by Crippen LogP contribution is -2.34. The highest BCUT2D eigenvalue weighted by Gasteiger charge is 2.25. The average Bonchev–Trinajstić information content (AvgIpc) is 2.47. The molecule has 0 radical (unpaired) electrons. The molecule has 19 heavy (non-hydrogen) atoms. The lowest BCUT2D eigenvalue weighted by atomic mass is 9.98. The van der Waals surface area contributed by atoms with Gasteiger partial charge in [-0.15, -0.1) is 0 Å². The van der Waals surface area contributed by atoms with E-state index in [0.29, 0.717) is 12.2 Å². The Kier molecular flexibility index (Phi) is 7.47. The SMILES string of the molecule is CCCC[SiH](OC1CCCCC1)OC1CCCCC1. The van der Waals surface area contributed by atoms with Crippen molar-refractivity contribution < 1.29 is 8.85 Å². The Labute approximate surface area is 121 Å². The van der Waals surface area contributed by atoms with Crippen molar-refractivity contribution in [3.63, 3.8) is 0 Å². The van der Waals surface area contributed by atoms with E-state index >= 15 is 0 Å². The molecule has 0 N–H and O–H groups in total. The van der Waals surface area contributed by atoms with Gasteiger partial charge in [0.2, 0.25) is 0 Å². The topological polar surface area (TPSA) is 18.5 Å². The summed E-state index contributed by atoms with van der Waals surface area (Å²) in [5.41, 5.74) is 0. The van der Waals surface area contributed by atoms with Gasteiger partial charge in [0.25, 0.3) is 0 Å². The molecule has 0 spiro atoms. The molecule has 0 atom stereocenters. The van der Waals surface area contributed by atoms with Crippen molar-refractivity contribution in [1.29, 1.82) is 0 Å². The molecule has 2 aliphatic rings. The van der Waals surface area contributed by atoms with Crippen LogP contribution in [0.5, 0.6) is 0 Å². The first kappa shape index (κ1) is 15.5. The summed E-state index contributed by atoms with van der Waals surface area (Å²) in [6.07, 6.45) is 17.0. The van der Waals surface area contributed by atoms with Gasteiger partial charge in [0.1, 0.15) is 0 Å². The van der Waals surface area contributed by atoms with Gasteiger partial charge in [0.15, 0.2) is 0 Å². The molecule has 0 heterocycles. The predicted molar refractivity (Wildman–Crippen MR) is 82.8 cm³/mol. The van der Waals surface area contributed by atoms with E-state index in [2.05, 4.69) is 6.92 Å². The third-order valence-electron chi connectivity index (χ3n) is 4.59. The van der Waals surface area contributed by atoms with E-state index in [-0.39, 0.29) is 0 Å². The van der Waals surface area contributed by atoms with E-state index in [9.17, 15) is 0 Å². The largest absolute Gasteiger partial charge is 0.393 e. The molecule has 0 aliphatic heterocycles. The van der Waals surface area contributed by atoms with E-state index in [0.717, 1.165) is 0 Å². The zero-order chi connectivity index (χ0) is 13.3. The molecule has 2 saturated carbocycles. The first-order valence-electron chi connectivity index (χ1n) is 8.69. The second-order valence-corrected chi connectivity index (χ2v) is 8.34. The van der Waals surface area contributed by atoms with Gasteiger partial charge in [-0.2, -0.15) is 0 Å². The number of hydrogen-bond acceptors (Lipinski definition) is 2. The normalized spacial score (nSPS) is 23.1. The minimum absolute atomic E-state index is 0.533. The molecule has 0 unspecified atom stereocenters. The third-order valence-corrected chi connectivity index (χ3v) is 6.84. The van der Waals surface area contributed by atoms with Crippen LogP contribution in [0.15, 0.2) is 0 Å². The fraction of sp³-hybridized carbons (Fsp3) is 1.00. The molecule has 0 amide bonds. The van der Waals surface area contributed by atoms with Gasteiger partial charge < -0.3 is 8.85 Å². The molecular formula is C16H32O2Si. The predicted octanol–water partition coefficient (Wildman–Crippen LogP) is 4.71. The van der Waals surface area contributed by atoms with Crippen molar-refractivity contribution in [3.05, 3.63) is 0 Å². The fourth-order valence-electron chi connectivity index (χ4n) is 3.37. The molecule has 0 aromatic carbocycles. The van der Waals surface area contributed by atoms with Crippen molar-refractivity contribution in [1.82, 2.24) is 0 Å². The Morgan fingerprint density at radius 2 is 1.26 bits per heavy atom. The van der Waals surface area contributed by atoms with Crippen LogP contribution in [0.3, 0.4) is 0 Å². The van der Waals surface area contributed by atoms with Crippen LogP contribution in [-0.2, 0) is 8.85 Å². The van der Waals surface area contributed by atoms with Crippen molar-refractivity contribution in [3.8, 4) is 0 Å². The molecule has 2 aliphatic carbocycles. The molecule has 2 rings (SSSR count). The zero-order valence-electron chi connectivity index (χ0n) is 12.7. The van der Waals surface area contributed by atoms with Gasteiger partial charge in [0, 0.05) is 12.2 Å². The van der Waals surface area contributed by atoms with Crippen LogP contribution in [-0.4, -0.2) is 21.5 Å². The Balaban J connectivity index is 1.75. The van der Waals surface area contributed by atoms with Gasteiger partial charge in [-0.25, -0.2) is 0 Å². The summed E-state index contributed by atoms with van der Waals surface area (Å²) in [4.78, 5) is 0. The van der Waals surface area contributed by atoms with Crippen molar-refractivity contribution in [2.75, 3.05) is 0 Å². The van der Waals surface area contributed by atoms with E-state index in [1.165, 1.54) is 83.1 Å². The van der Waals surface area contributed by atoms with Crippen molar-refractivity contribution >= 4 is 9.28 Å². The Morgan fingerprint density at radius 1 is 0.789 bits per heavy atom. The summed E-state index contributed by atoms with van der Waals surface area (Å²) >= 11 is 0. The lowest BCUT2D eigenvalue weighted by Gasteiger charge is -2.31. The van der Waals surface area contributed by atoms with E-state index in [1.54, 1.807) is 0 Å². The van der Waals surface area contributed by atoms with E-state index < -0.39 is 9.28 Å². The van der Waals surface area contributed by atoms with Gasteiger partial charge in [-0.3, -0.25) is 0 Å². The van der Waals surface area contributed by atoms with Crippen molar-refractivity contribution in [2.45, 2.75) is 102 Å². The summed E-state index contributed by atoms with van der Waals surface area (Å²) in [6.45, 7) is 2.27. The van der Waals surface area contributed by atoms with Crippen molar-refractivity contribution in [2.24, 2.45) is 0 Å². The third kappa shape index (κ3) is 5.97. The van der Waals surface area contributed by atoms with E-state index in [1.807, 2.05) is 0 Å². The maximum atomic E-state index is 6.41. The van der Waals surface area contributed by atoms with Crippen LogP contribution < -0.4 is 0 Å². The van der Waals surface area contributed by atoms with Crippen LogP contribution in [0.25, 0.3) is 0 Å². The molecule has 0 aromatic heterocycles. The highest BCUT2D eigenvalue weighted by Crippen LogP contribution is 2.25. The fourth-order valence-corrected chi connectivity index (χ4v) is 5.85. The molecule has 2 nitrogen and oxygen atoms in total. The number of unbranched alkanes of at least 4 members (excludes halogenated alkanes) is 1. The average molecular weight is 285 g/mol. The summed E-state index contributed by atoms with van der Waals surface area (Å²) < 4.78 is 12.8. The van der Waals surface area contributed by atoms with Crippen LogP contribution in [0.2, 0.25) is 6.04 Å². The summed E-state index contributed by atoms with van der Waals surface area (Å²) in [5, 5.41) is 0. The van der Waals surface area contributed by atoms with Gasteiger partial charge >= 0.3 is 9.28 Å². The molecule has 112 valence electrons. The Bertz CT molecular complexity index is 203. The quantitative estimate of drug-likeness (QED) is 0.631. The standard InChI is InChI=1S/C16H32O2Si/c1-2-3-14-19(17-15-10-6-4-7-11-15)18-16-12-8-5-9-13-16/h15-16,19H,2-14H2,1H3. The first-order valence-corrected chi connectivity index (χ1v) is 10.5. The van der Waals surface area contributed by atoms with Crippen LogP contribution in [0.4, 0.5) is 0 Å². The van der Waals surface area contributed by atoms with Crippen LogP contribution in [0.1, 0.15) is 84.0 Å². The lowest BCUT2D eigenvalue weighted by molar-refractivity contribution is 0.0655. The Morgan fingerprint density at radius 3 is 1.68 bits per heavy atom. The maximum Gasteiger partial charge on any atom is 0.321 e. The minimum Gasteiger partial charge on any atom is -0.393 e. The highest BCUT2D eigenvalue weighted by molar-refractivity contribution is 6.44. The summed E-state index contributed by atoms with van der Waals surface area (Å²) in [5.74, 6) is 0. The van der Waals surface area contributed by atoms with Gasteiger partial charge in [-0.1, -0.05) is 58.3 Å². The molecule has 2 fully saturated rings. The number of hydrogen-bond donors (Lipinski definition) is 0. The van der Waals surface area contributed by atoms with E-state index in [4.69, 9.17) is 8.85 Å². The zero-order valence-corrected chi connectivity index (χ0v) is 13.9. The maximum absolute atomic E-state index is 6.41. The smallest absolute Gasteiger partial charge is 0.321 e. The second kappa shape index (κ2) is 9.14. The monoisotopic (exact) mass is 284 g/mol. The molecule has 3 heteroatoms. The second-order valence-electron chi connectivity index (χ2n) is 6.36. The number of rotatable bonds is 7.